The number of ether oxygens (including phenoxy) is 1. The predicted octanol–water partition coefficient (Wildman–Crippen LogP) is 2.48. The first-order valence-electron chi connectivity index (χ1n) is 7.00. The van der Waals surface area contributed by atoms with Crippen LogP contribution in [0.25, 0.3) is 0 Å². The van der Waals surface area contributed by atoms with Crippen molar-refractivity contribution in [3.8, 4) is 0 Å². The molecule has 2 N–H and O–H groups in total. The van der Waals surface area contributed by atoms with Crippen LogP contribution < -0.4 is 10.6 Å². The molecule has 0 atom stereocenters. The second-order valence-corrected chi connectivity index (χ2v) is 5.12. The van der Waals surface area contributed by atoms with Gasteiger partial charge in [0, 0.05) is 13.0 Å². The van der Waals surface area contributed by atoms with Crippen molar-refractivity contribution in [3.05, 3.63) is 52.9 Å². The Labute approximate surface area is 142 Å². The zero-order valence-electron chi connectivity index (χ0n) is 12.8. The molecule has 0 spiro atoms. The van der Waals surface area contributed by atoms with E-state index in [0.29, 0.717) is 5.69 Å². The largest absolute Gasteiger partial charge is 0.465 e. The van der Waals surface area contributed by atoms with Crippen LogP contribution in [0.5, 0.6) is 0 Å². The molecule has 0 fully saturated rings. The third kappa shape index (κ3) is 4.60. The highest BCUT2D eigenvalue weighted by atomic mass is 35.5. The molecule has 0 unspecified atom stereocenters. The molecule has 0 radical (unpaired) electrons. The van der Waals surface area contributed by atoms with Crippen LogP contribution in [0.2, 0.25) is 5.02 Å². The van der Waals surface area contributed by atoms with E-state index in [4.69, 9.17) is 16.0 Å². The van der Waals surface area contributed by atoms with Gasteiger partial charge in [0.2, 0.25) is 5.91 Å². The van der Waals surface area contributed by atoms with E-state index in [1.54, 1.807) is 6.07 Å². The standard InChI is InChI=1S/C16H15ClN2O5/c1-23-16(22)10-4-5-11(17)12(9-10)19-14(20)6-7-18-15(21)13-3-2-8-24-13/h2-5,8-9H,6-7H2,1H3,(H,18,21)(H,19,20). The van der Waals surface area contributed by atoms with E-state index < -0.39 is 11.9 Å². The lowest BCUT2D eigenvalue weighted by molar-refractivity contribution is -0.116. The van der Waals surface area contributed by atoms with E-state index in [1.165, 1.54) is 37.6 Å². The van der Waals surface area contributed by atoms with Crippen LogP contribution >= 0.6 is 11.6 Å². The molecule has 1 heterocycles. The molecule has 0 saturated carbocycles. The summed E-state index contributed by atoms with van der Waals surface area (Å²) in [5, 5.41) is 5.43. The van der Waals surface area contributed by atoms with Gasteiger partial charge in [-0.1, -0.05) is 11.6 Å². The molecule has 7 nitrogen and oxygen atoms in total. The number of methoxy groups -OCH3 is 1. The van der Waals surface area contributed by atoms with Crippen molar-refractivity contribution < 1.29 is 23.5 Å². The summed E-state index contributed by atoms with van der Waals surface area (Å²) < 4.78 is 9.55. The topological polar surface area (TPSA) is 97.6 Å². The first-order chi connectivity index (χ1) is 11.5. The van der Waals surface area contributed by atoms with Crippen molar-refractivity contribution in [1.82, 2.24) is 5.32 Å². The quantitative estimate of drug-likeness (QED) is 0.780. The minimum absolute atomic E-state index is 0.0330. The van der Waals surface area contributed by atoms with Gasteiger partial charge in [0.1, 0.15) is 0 Å². The number of halogens is 1. The molecule has 8 heteroatoms. The third-order valence-electron chi connectivity index (χ3n) is 3.04. The van der Waals surface area contributed by atoms with E-state index >= 15 is 0 Å². The molecule has 2 amide bonds. The van der Waals surface area contributed by atoms with E-state index in [-0.39, 0.29) is 35.2 Å². The summed E-state index contributed by atoms with van der Waals surface area (Å²) in [6.45, 7) is 0.125. The van der Waals surface area contributed by atoms with Crippen molar-refractivity contribution in [1.29, 1.82) is 0 Å². The van der Waals surface area contributed by atoms with Gasteiger partial charge in [-0.2, -0.15) is 0 Å². The van der Waals surface area contributed by atoms with Crippen molar-refractivity contribution in [2.24, 2.45) is 0 Å². The number of esters is 1. The van der Waals surface area contributed by atoms with Crippen LogP contribution in [0, 0.1) is 0 Å². The number of anilines is 1. The van der Waals surface area contributed by atoms with Gasteiger partial charge in [-0.05, 0) is 30.3 Å². The van der Waals surface area contributed by atoms with Gasteiger partial charge in [-0.25, -0.2) is 4.79 Å². The van der Waals surface area contributed by atoms with Gasteiger partial charge in [-0.3, -0.25) is 9.59 Å². The van der Waals surface area contributed by atoms with E-state index in [0.717, 1.165) is 0 Å². The van der Waals surface area contributed by atoms with Crippen LogP contribution in [0.4, 0.5) is 5.69 Å². The average molecular weight is 351 g/mol. The van der Waals surface area contributed by atoms with Gasteiger partial charge < -0.3 is 19.8 Å². The molecule has 0 bridgehead atoms. The number of carbonyl (C=O) groups is 3. The lowest BCUT2D eigenvalue weighted by atomic mass is 10.2. The molecular weight excluding hydrogens is 336 g/mol. The second kappa shape index (κ2) is 8.16. The van der Waals surface area contributed by atoms with Crippen molar-refractivity contribution in [3.63, 3.8) is 0 Å². The summed E-state index contributed by atoms with van der Waals surface area (Å²) >= 11 is 5.99. The number of furan rings is 1. The Bertz CT molecular complexity index is 743. The van der Waals surface area contributed by atoms with E-state index in [9.17, 15) is 14.4 Å². The monoisotopic (exact) mass is 350 g/mol. The van der Waals surface area contributed by atoms with Crippen molar-refractivity contribution in [2.75, 3.05) is 19.0 Å². The Morgan fingerprint density at radius 3 is 2.71 bits per heavy atom. The average Bonchev–Trinajstić information content (AvgIpc) is 3.10. The van der Waals surface area contributed by atoms with Crippen molar-refractivity contribution >= 4 is 35.1 Å². The van der Waals surface area contributed by atoms with Gasteiger partial charge in [0.05, 0.1) is 29.6 Å². The summed E-state index contributed by atoms with van der Waals surface area (Å²) in [6.07, 6.45) is 1.42. The summed E-state index contributed by atoms with van der Waals surface area (Å²) in [5.41, 5.74) is 0.560. The minimum Gasteiger partial charge on any atom is -0.465 e. The zero-order chi connectivity index (χ0) is 17.5. The first-order valence-corrected chi connectivity index (χ1v) is 7.38. The summed E-state index contributed by atoms with van der Waals surface area (Å²) in [4.78, 5) is 35.1. The number of carbonyl (C=O) groups excluding carboxylic acids is 3. The zero-order valence-corrected chi connectivity index (χ0v) is 13.6. The number of rotatable bonds is 6. The van der Waals surface area contributed by atoms with Gasteiger partial charge in [0.25, 0.3) is 5.91 Å². The highest BCUT2D eigenvalue weighted by Crippen LogP contribution is 2.23. The Hall–Kier alpha value is -2.80. The Morgan fingerprint density at radius 1 is 1.25 bits per heavy atom. The molecule has 1 aromatic heterocycles. The highest BCUT2D eigenvalue weighted by Gasteiger charge is 2.12. The molecule has 126 valence electrons. The minimum atomic E-state index is -0.534. The lowest BCUT2D eigenvalue weighted by Crippen LogP contribution is -2.27. The summed E-state index contributed by atoms with van der Waals surface area (Å²) in [7, 11) is 1.26. The SMILES string of the molecule is COC(=O)c1ccc(Cl)c(NC(=O)CCNC(=O)c2ccco2)c1. The Kier molecular flexibility index (Phi) is 5.97. The Morgan fingerprint density at radius 2 is 2.04 bits per heavy atom. The fourth-order valence-corrected chi connectivity index (χ4v) is 2.03. The van der Waals surface area contributed by atoms with Crippen LogP contribution in [-0.4, -0.2) is 31.4 Å². The highest BCUT2D eigenvalue weighted by molar-refractivity contribution is 6.33. The molecule has 0 aliphatic rings. The molecule has 2 rings (SSSR count). The number of amides is 2. The molecule has 0 aliphatic heterocycles. The third-order valence-corrected chi connectivity index (χ3v) is 3.37. The molecule has 2 aromatic rings. The molecule has 1 aromatic carbocycles. The number of nitrogens with one attached hydrogen (secondary N) is 2. The smallest absolute Gasteiger partial charge is 0.337 e. The van der Waals surface area contributed by atoms with E-state index in [2.05, 4.69) is 15.4 Å². The van der Waals surface area contributed by atoms with Crippen LogP contribution in [0.3, 0.4) is 0 Å². The Balaban J connectivity index is 1.88. The molecule has 0 saturated heterocycles. The normalized spacial score (nSPS) is 10.1. The van der Waals surface area contributed by atoms with Crippen LogP contribution in [0.1, 0.15) is 27.3 Å². The first kappa shape index (κ1) is 17.6. The molecular formula is C16H15ClN2O5. The fourth-order valence-electron chi connectivity index (χ4n) is 1.86. The summed E-state index contributed by atoms with van der Waals surface area (Å²) in [5.74, 6) is -1.13. The maximum atomic E-state index is 11.9. The number of hydrogen-bond donors (Lipinski definition) is 2. The van der Waals surface area contributed by atoms with E-state index in [1.807, 2.05) is 0 Å². The predicted molar refractivity (Wildman–Crippen MR) is 87.1 cm³/mol. The van der Waals surface area contributed by atoms with Crippen LogP contribution in [-0.2, 0) is 9.53 Å². The van der Waals surface area contributed by atoms with Gasteiger partial charge in [-0.15, -0.1) is 0 Å². The fraction of sp³-hybridized carbons (Fsp3) is 0.188. The van der Waals surface area contributed by atoms with Crippen molar-refractivity contribution in [2.45, 2.75) is 6.42 Å². The van der Waals surface area contributed by atoms with Crippen LogP contribution in [0.15, 0.2) is 41.0 Å². The summed E-state index contributed by atoms with van der Waals surface area (Å²) in [6, 6.07) is 7.52. The maximum absolute atomic E-state index is 11.9. The number of hydrogen-bond acceptors (Lipinski definition) is 5. The van der Waals surface area contributed by atoms with Gasteiger partial charge in [0.15, 0.2) is 5.76 Å². The molecule has 0 aliphatic carbocycles. The number of benzene rings is 1. The maximum Gasteiger partial charge on any atom is 0.337 e. The molecule has 24 heavy (non-hydrogen) atoms. The lowest BCUT2D eigenvalue weighted by Gasteiger charge is -2.09. The second-order valence-electron chi connectivity index (χ2n) is 4.72. The van der Waals surface area contributed by atoms with Gasteiger partial charge >= 0.3 is 5.97 Å².